The lowest BCUT2D eigenvalue weighted by Crippen LogP contribution is -2.14. The fraction of sp³-hybridized carbons (Fsp3) is 0.235. The van der Waals surface area contributed by atoms with Crippen LogP contribution in [0.25, 0.3) is 0 Å². The number of ether oxygens (including phenoxy) is 2. The Kier molecular flexibility index (Phi) is 5.21. The number of hydrogen-bond acceptors (Lipinski definition) is 3. The van der Waals surface area contributed by atoms with Crippen LogP contribution in [0, 0.1) is 5.41 Å². The van der Waals surface area contributed by atoms with Crippen molar-refractivity contribution in [1.29, 1.82) is 5.41 Å². The van der Waals surface area contributed by atoms with Crippen LogP contribution < -0.4 is 15.2 Å². The van der Waals surface area contributed by atoms with E-state index in [-0.39, 0.29) is 5.84 Å². The maximum absolute atomic E-state index is 7.56. The molecule has 0 aliphatic heterocycles. The molecule has 2 aromatic carbocycles. The van der Waals surface area contributed by atoms with Crippen molar-refractivity contribution < 1.29 is 9.47 Å². The Morgan fingerprint density at radius 2 is 1.62 bits per heavy atom. The van der Waals surface area contributed by atoms with E-state index in [9.17, 15) is 0 Å². The van der Waals surface area contributed by atoms with Gasteiger partial charge in [0, 0.05) is 11.1 Å². The summed E-state index contributed by atoms with van der Waals surface area (Å²) in [6.07, 6.45) is 0.986. The van der Waals surface area contributed by atoms with E-state index in [2.05, 4.69) is 6.92 Å². The Labute approximate surface area is 125 Å². The van der Waals surface area contributed by atoms with Crippen LogP contribution in [-0.4, -0.2) is 12.4 Å². The molecule has 0 aromatic heterocycles. The molecule has 4 heteroatoms. The maximum Gasteiger partial charge on any atom is 0.123 e. The van der Waals surface area contributed by atoms with Gasteiger partial charge in [0.1, 0.15) is 23.9 Å². The molecule has 0 amide bonds. The molecule has 0 saturated heterocycles. The van der Waals surface area contributed by atoms with E-state index in [0.717, 1.165) is 23.5 Å². The highest BCUT2D eigenvalue weighted by Gasteiger charge is 2.05. The number of rotatable bonds is 7. The van der Waals surface area contributed by atoms with E-state index in [0.29, 0.717) is 18.8 Å². The first kappa shape index (κ1) is 14.9. The number of nitrogens with one attached hydrogen (secondary N) is 1. The molecule has 0 saturated carbocycles. The second-order valence-electron chi connectivity index (χ2n) is 4.68. The van der Waals surface area contributed by atoms with E-state index in [1.165, 1.54) is 0 Å². The first-order valence-corrected chi connectivity index (χ1v) is 6.98. The largest absolute Gasteiger partial charge is 0.494 e. The van der Waals surface area contributed by atoms with Crippen LogP contribution in [0.5, 0.6) is 11.5 Å². The Hall–Kier alpha value is -2.49. The summed E-state index contributed by atoms with van der Waals surface area (Å²) in [4.78, 5) is 0. The van der Waals surface area contributed by atoms with Crippen LogP contribution >= 0.6 is 0 Å². The number of amidine groups is 1. The van der Waals surface area contributed by atoms with Crippen LogP contribution in [0.1, 0.15) is 24.5 Å². The molecule has 0 unspecified atom stereocenters. The van der Waals surface area contributed by atoms with E-state index in [1.807, 2.05) is 48.5 Å². The summed E-state index contributed by atoms with van der Waals surface area (Å²) < 4.78 is 11.3. The predicted octanol–water partition coefficient (Wildman–Crippen LogP) is 3.34. The van der Waals surface area contributed by atoms with Gasteiger partial charge >= 0.3 is 0 Å². The molecule has 21 heavy (non-hydrogen) atoms. The monoisotopic (exact) mass is 284 g/mol. The molecule has 0 aliphatic rings. The average molecular weight is 284 g/mol. The van der Waals surface area contributed by atoms with Gasteiger partial charge in [0.15, 0.2) is 0 Å². The molecule has 110 valence electrons. The van der Waals surface area contributed by atoms with Gasteiger partial charge < -0.3 is 15.2 Å². The molecule has 2 aromatic rings. The first-order chi connectivity index (χ1) is 10.2. The van der Waals surface area contributed by atoms with Gasteiger partial charge in [0.25, 0.3) is 0 Å². The van der Waals surface area contributed by atoms with Gasteiger partial charge in [-0.3, -0.25) is 5.41 Å². The zero-order valence-corrected chi connectivity index (χ0v) is 12.1. The standard InChI is InChI=1S/C17H20N2O2/c1-2-11-20-14-7-9-15(10-8-14)21-12-13-5-3-4-6-16(13)17(18)19/h3-10H,2,11-12H2,1H3,(H3,18,19). The van der Waals surface area contributed by atoms with Crippen LogP contribution in [0.3, 0.4) is 0 Å². The van der Waals surface area contributed by atoms with E-state index < -0.39 is 0 Å². The SMILES string of the molecule is CCCOc1ccc(OCc2ccccc2C(=N)N)cc1. The van der Waals surface area contributed by atoms with Gasteiger partial charge in [-0.05, 0) is 30.7 Å². The van der Waals surface area contributed by atoms with Crippen LogP contribution in [0.2, 0.25) is 0 Å². The van der Waals surface area contributed by atoms with Gasteiger partial charge in [-0.2, -0.15) is 0 Å². The zero-order chi connectivity index (χ0) is 15.1. The second-order valence-corrected chi connectivity index (χ2v) is 4.68. The second kappa shape index (κ2) is 7.33. The van der Waals surface area contributed by atoms with Crippen molar-refractivity contribution in [2.45, 2.75) is 20.0 Å². The van der Waals surface area contributed by atoms with E-state index in [1.54, 1.807) is 0 Å². The summed E-state index contributed by atoms with van der Waals surface area (Å²) in [5, 5.41) is 7.56. The highest BCUT2D eigenvalue weighted by atomic mass is 16.5. The molecule has 0 aliphatic carbocycles. The lowest BCUT2D eigenvalue weighted by Gasteiger charge is -2.11. The molecule has 0 heterocycles. The Balaban J connectivity index is 1.98. The molecular weight excluding hydrogens is 264 g/mol. The van der Waals surface area contributed by atoms with Crippen LogP contribution in [0.4, 0.5) is 0 Å². The fourth-order valence-corrected chi connectivity index (χ4v) is 1.92. The lowest BCUT2D eigenvalue weighted by atomic mass is 10.1. The summed E-state index contributed by atoms with van der Waals surface area (Å²) in [6.45, 7) is 3.17. The predicted molar refractivity (Wildman–Crippen MR) is 84.0 cm³/mol. The van der Waals surface area contributed by atoms with Crippen molar-refractivity contribution in [3.8, 4) is 11.5 Å². The third-order valence-electron chi connectivity index (χ3n) is 3.00. The maximum atomic E-state index is 7.56. The fourth-order valence-electron chi connectivity index (χ4n) is 1.92. The third-order valence-corrected chi connectivity index (χ3v) is 3.00. The molecule has 0 bridgehead atoms. The summed E-state index contributed by atoms with van der Waals surface area (Å²) in [7, 11) is 0. The molecule has 4 nitrogen and oxygen atoms in total. The molecular formula is C17H20N2O2. The Morgan fingerprint density at radius 1 is 1.00 bits per heavy atom. The first-order valence-electron chi connectivity index (χ1n) is 6.98. The zero-order valence-electron chi connectivity index (χ0n) is 12.1. The Bertz CT molecular complexity index is 594. The summed E-state index contributed by atoms with van der Waals surface area (Å²) in [5.41, 5.74) is 7.17. The topological polar surface area (TPSA) is 68.3 Å². The van der Waals surface area contributed by atoms with Crippen molar-refractivity contribution in [3.05, 3.63) is 59.7 Å². The van der Waals surface area contributed by atoms with E-state index >= 15 is 0 Å². The molecule has 0 fully saturated rings. The van der Waals surface area contributed by atoms with Crippen molar-refractivity contribution in [2.24, 2.45) is 5.73 Å². The van der Waals surface area contributed by atoms with Crippen molar-refractivity contribution in [2.75, 3.05) is 6.61 Å². The Morgan fingerprint density at radius 3 is 2.24 bits per heavy atom. The normalized spacial score (nSPS) is 10.1. The average Bonchev–Trinajstić information content (AvgIpc) is 2.52. The minimum Gasteiger partial charge on any atom is -0.494 e. The van der Waals surface area contributed by atoms with Gasteiger partial charge in [-0.25, -0.2) is 0 Å². The number of hydrogen-bond donors (Lipinski definition) is 2. The van der Waals surface area contributed by atoms with Crippen LogP contribution in [0.15, 0.2) is 48.5 Å². The van der Waals surface area contributed by atoms with E-state index in [4.69, 9.17) is 20.6 Å². The molecule has 0 atom stereocenters. The molecule has 2 rings (SSSR count). The number of nitrogen functional groups attached to an aromatic ring is 1. The van der Waals surface area contributed by atoms with Crippen molar-refractivity contribution in [3.63, 3.8) is 0 Å². The number of nitrogens with two attached hydrogens (primary N) is 1. The lowest BCUT2D eigenvalue weighted by molar-refractivity contribution is 0.301. The third kappa shape index (κ3) is 4.24. The van der Waals surface area contributed by atoms with Gasteiger partial charge in [-0.1, -0.05) is 31.2 Å². The molecule has 0 radical (unpaired) electrons. The van der Waals surface area contributed by atoms with Crippen molar-refractivity contribution >= 4 is 5.84 Å². The van der Waals surface area contributed by atoms with Gasteiger partial charge in [0.2, 0.25) is 0 Å². The van der Waals surface area contributed by atoms with Gasteiger partial charge in [-0.15, -0.1) is 0 Å². The highest BCUT2D eigenvalue weighted by molar-refractivity contribution is 5.96. The highest BCUT2D eigenvalue weighted by Crippen LogP contribution is 2.19. The van der Waals surface area contributed by atoms with Crippen LogP contribution in [-0.2, 0) is 6.61 Å². The molecule has 0 spiro atoms. The summed E-state index contributed by atoms with van der Waals surface area (Å²) >= 11 is 0. The number of benzene rings is 2. The summed E-state index contributed by atoms with van der Waals surface area (Å²) in [5.74, 6) is 1.66. The molecule has 3 N–H and O–H groups in total. The minimum absolute atomic E-state index is 0.0533. The smallest absolute Gasteiger partial charge is 0.123 e. The minimum atomic E-state index is 0.0533. The van der Waals surface area contributed by atoms with Crippen molar-refractivity contribution in [1.82, 2.24) is 0 Å². The quantitative estimate of drug-likeness (QED) is 0.605. The van der Waals surface area contributed by atoms with Gasteiger partial charge in [0.05, 0.1) is 6.61 Å². The summed E-state index contributed by atoms with van der Waals surface area (Å²) in [6, 6.07) is 15.0.